The molecule has 0 N–H and O–H groups in total. The molecular formula is C46H29NOS. The molecule has 2 nitrogen and oxygen atoms in total. The number of furan rings is 1. The Morgan fingerprint density at radius 1 is 0.388 bits per heavy atom. The van der Waals surface area contributed by atoms with E-state index in [-0.39, 0.29) is 0 Å². The van der Waals surface area contributed by atoms with Crippen LogP contribution < -0.4 is 4.90 Å². The van der Waals surface area contributed by atoms with Gasteiger partial charge in [-0.25, -0.2) is 0 Å². The molecular weight excluding hydrogens is 615 g/mol. The molecule has 0 radical (unpaired) electrons. The molecule has 0 fully saturated rings. The molecule has 0 aliphatic carbocycles. The highest BCUT2D eigenvalue weighted by Gasteiger charge is 2.23. The normalized spacial score (nSPS) is 11.7. The Morgan fingerprint density at radius 3 is 1.82 bits per heavy atom. The van der Waals surface area contributed by atoms with Gasteiger partial charge in [0.15, 0.2) is 0 Å². The summed E-state index contributed by atoms with van der Waals surface area (Å²) in [4.78, 5) is 2.47. The molecule has 8 aromatic carbocycles. The summed E-state index contributed by atoms with van der Waals surface area (Å²) in [5.41, 5.74) is 9.88. The summed E-state index contributed by atoms with van der Waals surface area (Å²) >= 11 is 1.86. The molecule has 10 aromatic rings. The maximum Gasteiger partial charge on any atom is 0.136 e. The molecule has 230 valence electrons. The van der Waals surface area contributed by atoms with Crippen LogP contribution in [0.4, 0.5) is 17.1 Å². The molecule has 0 saturated carbocycles. The van der Waals surface area contributed by atoms with Gasteiger partial charge in [-0.15, -0.1) is 11.3 Å². The number of anilines is 3. The van der Waals surface area contributed by atoms with Gasteiger partial charge in [-0.1, -0.05) is 127 Å². The minimum atomic E-state index is 0.896. The van der Waals surface area contributed by atoms with E-state index in [1.165, 1.54) is 42.1 Å². The van der Waals surface area contributed by atoms with Crippen LogP contribution in [0.2, 0.25) is 0 Å². The van der Waals surface area contributed by atoms with Crippen LogP contribution in [0.5, 0.6) is 0 Å². The van der Waals surface area contributed by atoms with Crippen LogP contribution in [0.25, 0.3) is 75.1 Å². The van der Waals surface area contributed by atoms with Gasteiger partial charge in [0.1, 0.15) is 11.2 Å². The first-order valence-electron chi connectivity index (χ1n) is 16.6. The average Bonchev–Trinajstić information content (AvgIpc) is 3.73. The van der Waals surface area contributed by atoms with Crippen LogP contribution in [0.15, 0.2) is 180 Å². The predicted molar refractivity (Wildman–Crippen MR) is 210 cm³/mol. The topological polar surface area (TPSA) is 16.4 Å². The molecule has 0 bridgehead atoms. The number of thiophene rings is 1. The first-order valence-corrected chi connectivity index (χ1v) is 17.4. The van der Waals surface area contributed by atoms with Gasteiger partial charge in [-0.3, -0.25) is 0 Å². The lowest BCUT2D eigenvalue weighted by Crippen LogP contribution is -2.12. The predicted octanol–water partition coefficient (Wildman–Crippen LogP) is 13.9. The van der Waals surface area contributed by atoms with E-state index < -0.39 is 0 Å². The molecule has 0 spiro atoms. The highest BCUT2D eigenvalue weighted by atomic mass is 32.1. The van der Waals surface area contributed by atoms with Crippen LogP contribution in [0.3, 0.4) is 0 Å². The second-order valence-corrected chi connectivity index (χ2v) is 13.5. The summed E-state index contributed by atoms with van der Waals surface area (Å²) in [6.45, 7) is 0. The van der Waals surface area contributed by atoms with Crippen molar-refractivity contribution in [3.05, 3.63) is 176 Å². The van der Waals surface area contributed by atoms with Gasteiger partial charge in [0.05, 0.1) is 21.8 Å². The van der Waals surface area contributed by atoms with E-state index in [2.05, 4.69) is 181 Å². The number of para-hydroxylation sites is 2. The molecule has 2 heterocycles. The zero-order valence-electron chi connectivity index (χ0n) is 26.5. The van der Waals surface area contributed by atoms with Crippen molar-refractivity contribution >= 4 is 81.3 Å². The fraction of sp³-hybridized carbons (Fsp3) is 0. The lowest BCUT2D eigenvalue weighted by atomic mass is 9.97. The summed E-state index contributed by atoms with van der Waals surface area (Å²) in [5.74, 6) is 0. The van der Waals surface area contributed by atoms with E-state index in [0.717, 1.165) is 50.1 Å². The third-order valence-corrected chi connectivity index (χ3v) is 10.9. The molecule has 10 rings (SSSR count). The molecule has 3 heteroatoms. The largest absolute Gasteiger partial charge is 0.456 e. The summed E-state index contributed by atoms with van der Waals surface area (Å²) in [6.07, 6.45) is 0. The summed E-state index contributed by atoms with van der Waals surface area (Å²) in [5, 5.41) is 7.21. The van der Waals surface area contributed by atoms with Crippen LogP contribution in [0.1, 0.15) is 0 Å². The van der Waals surface area contributed by atoms with Crippen molar-refractivity contribution in [2.24, 2.45) is 0 Å². The Kier molecular flexibility index (Phi) is 6.39. The number of rotatable bonds is 5. The second kappa shape index (κ2) is 11.2. The van der Waals surface area contributed by atoms with Gasteiger partial charge < -0.3 is 9.32 Å². The molecule has 0 aliphatic heterocycles. The molecule has 49 heavy (non-hydrogen) atoms. The third kappa shape index (κ3) is 4.55. The first kappa shape index (κ1) is 27.9. The van der Waals surface area contributed by atoms with E-state index in [4.69, 9.17) is 4.42 Å². The first-order chi connectivity index (χ1) is 24.3. The monoisotopic (exact) mass is 643 g/mol. The molecule has 0 saturated heterocycles. The average molecular weight is 644 g/mol. The quantitative estimate of drug-likeness (QED) is 0.186. The zero-order chi connectivity index (χ0) is 32.3. The third-order valence-electron chi connectivity index (χ3n) is 9.65. The van der Waals surface area contributed by atoms with Gasteiger partial charge in [0.25, 0.3) is 0 Å². The van der Waals surface area contributed by atoms with Gasteiger partial charge in [0, 0.05) is 37.4 Å². The van der Waals surface area contributed by atoms with Crippen molar-refractivity contribution in [3.63, 3.8) is 0 Å². The number of nitrogens with zero attached hydrogens (tertiary/aromatic N) is 1. The SMILES string of the molecule is c1ccc(-c2ccccc2N(c2ccccc2-c2ccc3oc4cc5ccccc5cc4c3c2)c2cccc3c2sc2ccccc23)cc1. The van der Waals surface area contributed by atoms with Crippen LogP contribution in [0, 0.1) is 0 Å². The Balaban J connectivity index is 1.24. The fourth-order valence-corrected chi connectivity index (χ4v) is 8.58. The van der Waals surface area contributed by atoms with E-state index in [9.17, 15) is 0 Å². The van der Waals surface area contributed by atoms with Gasteiger partial charge in [-0.2, -0.15) is 0 Å². The van der Waals surface area contributed by atoms with Crippen LogP contribution in [-0.4, -0.2) is 0 Å². The van der Waals surface area contributed by atoms with Gasteiger partial charge >= 0.3 is 0 Å². The van der Waals surface area contributed by atoms with E-state index in [1.807, 2.05) is 11.3 Å². The fourth-order valence-electron chi connectivity index (χ4n) is 7.37. The smallest absolute Gasteiger partial charge is 0.136 e. The maximum atomic E-state index is 6.40. The van der Waals surface area contributed by atoms with Crippen molar-refractivity contribution in [3.8, 4) is 22.3 Å². The summed E-state index contributed by atoms with van der Waals surface area (Å²) < 4.78 is 8.96. The molecule has 0 atom stereocenters. The van der Waals surface area contributed by atoms with Crippen molar-refractivity contribution < 1.29 is 4.42 Å². The lowest BCUT2D eigenvalue weighted by Gasteiger charge is -2.30. The zero-order valence-corrected chi connectivity index (χ0v) is 27.3. The van der Waals surface area contributed by atoms with Crippen LogP contribution in [-0.2, 0) is 0 Å². The number of fused-ring (bicyclic) bond motifs is 7. The minimum Gasteiger partial charge on any atom is -0.456 e. The highest BCUT2D eigenvalue weighted by molar-refractivity contribution is 7.26. The van der Waals surface area contributed by atoms with Crippen molar-refractivity contribution in [1.82, 2.24) is 0 Å². The Bertz CT molecular complexity index is 2840. The van der Waals surface area contributed by atoms with E-state index in [0.29, 0.717) is 0 Å². The maximum absolute atomic E-state index is 6.40. The Morgan fingerprint density at radius 2 is 1.00 bits per heavy atom. The Labute approximate surface area is 287 Å². The van der Waals surface area contributed by atoms with Gasteiger partial charge in [-0.05, 0) is 70.4 Å². The molecule has 0 aliphatic rings. The number of hydrogen-bond acceptors (Lipinski definition) is 3. The molecule has 0 amide bonds. The van der Waals surface area contributed by atoms with Gasteiger partial charge in [0.2, 0.25) is 0 Å². The number of hydrogen-bond donors (Lipinski definition) is 0. The van der Waals surface area contributed by atoms with Crippen molar-refractivity contribution in [2.45, 2.75) is 0 Å². The summed E-state index contributed by atoms with van der Waals surface area (Å²) in [6, 6.07) is 63.3. The summed E-state index contributed by atoms with van der Waals surface area (Å²) in [7, 11) is 0. The highest BCUT2D eigenvalue weighted by Crippen LogP contribution is 2.49. The second-order valence-electron chi connectivity index (χ2n) is 12.5. The van der Waals surface area contributed by atoms with Crippen molar-refractivity contribution in [2.75, 3.05) is 4.90 Å². The van der Waals surface area contributed by atoms with Crippen LogP contribution >= 0.6 is 11.3 Å². The lowest BCUT2D eigenvalue weighted by molar-refractivity contribution is 0.669. The molecule has 0 unspecified atom stereocenters. The van der Waals surface area contributed by atoms with Crippen molar-refractivity contribution in [1.29, 1.82) is 0 Å². The Hall–Kier alpha value is -6.16. The van der Waals surface area contributed by atoms with E-state index in [1.54, 1.807) is 0 Å². The number of benzene rings is 8. The molecule has 2 aromatic heterocycles. The minimum absolute atomic E-state index is 0.896. The standard InChI is InChI=1S/C46H29NOS/c1-2-13-30(14-3-1)34-17-6-9-21-40(34)47(42-23-12-20-37-36-19-8-11-24-45(36)49-46(37)42)41-22-10-7-18-35(41)33-25-26-43-38(28-33)39-27-31-15-4-5-16-32(31)29-44(39)48-43/h1-29H. The van der Waals surface area contributed by atoms with E-state index >= 15 is 0 Å².